The fourth-order valence-electron chi connectivity index (χ4n) is 2.31. The molecule has 2 atom stereocenters. The Labute approximate surface area is 94.7 Å². The summed E-state index contributed by atoms with van der Waals surface area (Å²) in [5.74, 6) is 1.43. The van der Waals surface area contributed by atoms with Crippen LogP contribution in [-0.2, 0) is 11.2 Å². The van der Waals surface area contributed by atoms with Gasteiger partial charge in [0.25, 0.3) is 0 Å². The van der Waals surface area contributed by atoms with Crippen LogP contribution in [0, 0.1) is 18.8 Å². The van der Waals surface area contributed by atoms with Crippen LogP contribution in [0.5, 0.6) is 0 Å². The number of aromatic nitrogens is 1. The molecule has 0 aliphatic heterocycles. The molecule has 0 radical (unpaired) electrons. The van der Waals surface area contributed by atoms with Crippen molar-refractivity contribution in [1.29, 1.82) is 0 Å². The van der Waals surface area contributed by atoms with E-state index in [-0.39, 0.29) is 0 Å². The number of Topliss-reactive ketones (excluding diaryl/α,β-unsaturated/α-hetero) is 1. The lowest BCUT2D eigenvalue weighted by atomic mass is 9.98. The third-order valence-corrected chi connectivity index (χ3v) is 3.99. The predicted octanol–water partition coefficient (Wildman–Crippen LogP) is 3.00. The molecule has 3 heteroatoms. The van der Waals surface area contributed by atoms with Gasteiger partial charge in [0, 0.05) is 17.7 Å². The Balaban J connectivity index is 1.92. The summed E-state index contributed by atoms with van der Waals surface area (Å²) in [6.07, 6.45) is 3.93. The Morgan fingerprint density at radius 2 is 2.40 bits per heavy atom. The second-order valence-electron chi connectivity index (χ2n) is 4.62. The zero-order valence-electron chi connectivity index (χ0n) is 9.32. The highest BCUT2D eigenvalue weighted by molar-refractivity contribution is 7.09. The fraction of sp³-hybridized carbons (Fsp3) is 0.667. The summed E-state index contributed by atoms with van der Waals surface area (Å²) in [4.78, 5) is 16.3. The van der Waals surface area contributed by atoms with Gasteiger partial charge < -0.3 is 0 Å². The number of ketones is 1. The molecule has 1 aromatic heterocycles. The summed E-state index contributed by atoms with van der Waals surface area (Å²) in [7, 11) is 0. The quantitative estimate of drug-likeness (QED) is 0.788. The summed E-state index contributed by atoms with van der Waals surface area (Å²) in [6.45, 7) is 4.22. The van der Waals surface area contributed by atoms with Gasteiger partial charge >= 0.3 is 0 Å². The number of hydrogen-bond donors (Lipinski definition) is 0. The zero-order chi connectivity index (χ0) is 10.8. The van der Waals surface area contributed by atoms with Crippen molar-refractivity contribution in [1.82, 2.24) is 4.98 Å². The van der Waals surface area contributed by atoms with E-state index in [4.69, 9.17) is 0 Å². The van der Waals surface area contributed by atoms with E-state index in [0.29, 0.717) is 18.1 Å². The highest BCUT2D eigenvalue weighted by Gasteiger charge is 2.27. The maximum Gasteiger partial charge on any atom is 0.141 e. The van der Waals surface area contributed by atoms with Crippen molar-refractivity contribution in [2.45, 2.75) is 39.5 Å². The number of carbonyl (C=O) groups is 1. The van der Waals surface area contributed by atoms with Crippen molar-refractivity contribution in [2.75, 3.05) is 0 Å². The first kappa shape index (κ1) is 10.8. The summed E-state index contributed by atoms with van der Waals surface area (Å²) >= 11 is 1.63. The Morgan fingerprint density at radius 3 is 2.93 bits per heavy atom. The van der Waals surface area contributed by atoms with Gasteiger partial charge in [-0.25, -0.2) is 4.98 Å². The van der Waals surface area contributed by atoms with Crippen LogP contribution >= 0.6 is 11.3 Å². The van der Waals surface area contributed by atoms with Crippen LogP contribution < -0.4 is 0 Å². The molecule has 1 aromatic rings. The molecule has 1 fully saturated rings. The van der Waals surface area contributed by atoms with E-state index in [1.165, 1.54) is 6.42 Å². The molecule has 1 aliphatic rings. The Hall–Kier alpha value is -0.700. The molecule has 1 heterocycles. The van der Waals surface area contributed by atoms with E-state index < -0.39 is 0 Å². The molecule has 0 spiro atoms. The van der Waals surface area contributed by atoms with Gasteiger partial charge in [-0.2, -0.15) is 0 Å². The first-order valence-electron chi connectivity index (χ1n) is 5.59. The maximum atomic E-state index is 11.9. The van der Waals surface area contributed by atoms with Gasteiger partial charge in [-0.15, -0.1) is 11.3 Å². The molecule has 82 valence electrons. The molecule has 0 aromatic carbocycles. The van der Waals surface area contributed by atoms with Crippen molar-refractivity contribution in [3.8, 4) is 0 Å². The molecule has 1 aliphatic carbocycles. The van der Waals surface area contributed by atoms with E-state index in [1.54, 1.807) is 11.3 Å². The predicted molar refractivity (Wildman–Crippen MR) is 62.1 cm³/mol. The van der Waals surface area contributed by atoms with E-state index >= 15 is 0 Å². The minimum absolute atomic E-state index is 0.307. The lowest BCUT2D eigenvalue weighted by Gasteiger charge is -2.06. The molecule has 15 heavy (non-hydrogen) atoms. The average Bonchev–Trinajstić information content (AvgIpc) is 2.75. The van der Waals surface area contributed by atoms with E-state index in [9.17, 15) is 4.79 Å². The van der Waals surface area contributed by atoms with Gasteiger partial charge in [0.05, 0.1) is 10.7 Å². The Morgan fingerprint density at radius 1 is 1.60 bits per heavy atom. The van der Waals surface area contributed by atoms with Crippen LogP contribution in [0.2, 0.25) is 0 Å². The number of carbonyl (C=O) groups excluding carboxylic acids is 1. The number of aryl methyl sites for hydroxylation is 1. The zero-order valence-corrected chi connectivity index (χ0v) is 10.1. The second kappa shape index (κ2) is 4.44. The van der Waals surface area contributed by atoms with E-state index in [1.807, 2.05) is 12.3 Å². The summed E-state index contributed by atoms with van der Waals surface area (Å²) in [6, 6.07) is 0. The van der Waals surface area contributed by atoms with Crippen molar-refractivity contribution < 1.29 is 4.79 Å². The molecule has 2 nitrogen and oxygen atoms in total. The minimum Gasteiger partial charge on any atom is -0.299 e. The lowest BCUT2D eigenvalue weighted by Crippen LogP contribution is -2.14. The first-order chi connectivity index (χ1) is 7.15. The first-order valence-corrected chi connectivity index (χ1v) is 6.47. The molecular formula is C12H17NOS. The summed E-state index contributed by atoms with van der Waals surface area (Å²) < 4.78 is 0. The van der Waals surface area contributed by atoms with Crippen molar-refractivity contribution in [2.24, 2.45) is 11.8 Å². The van der Waals surface area contributed by atoms with Crippen LogP contribution in [0.3, 0.4) is 0 Å². The molecule has 1 saturated carbocycles. The molecule has 2 rings (SSSR count). The lowest BCUT2D eigenvalue weighted by molar-refractivity contribution is -0.122. The minimum atomic E-state index is 0.307. The molecule has 0 amide bonds. The normalized spacial score (nSPS) is 25.7. The topological polar surface area (TPSA) is 30.0 Å². The van der Waals surface area contributed by atoms with Gasteiger partial charge in [0.15, 0.2) is 0 Å². The average molecular weight is 223 g/mol. The number of thiazole rings is 1. The SMILES string of the molecule is Cc1nc(CC(=O)C2CCC(C)C2)cs1. The number of hydrogen-bond acceptors (Lipinski definition) is 3. The van der Waals surface area contributed by atoms with Gasteiger partial charge in [-0.1, -0.05) is 6.92 Å². The monoisotopic (exact) mass is 223 g/mol. The fourth-order valence-corrected chi connectivity index (χ4v) is 2.92. The largest absolute Gasteiger partial charge is 0.299 e. The third kappa shape index (κ3) is 2.65. The highest BCUT2D eigenvalue weighted by atomic mass is 32.1. The van der Waals surface area contributed by atoms with Gasteiger partial charge in [0.1, 0.15) is 5.78 Å². The molecule has 0 N–H and O–H groups in total. The van der Waals surface area contributed by atoms with Gasteiger partial charge in [0.2, 0.25) is 0 Å². The molecular weight excluding hydrogens is 206 g/mol. The van der Waals surface area contributed by atoms with Gasteiger partial charge in [-0.3, -0.25) is 4.79 Å². The number of rotatable bonds is 3. The van der Waals surface area contributed by atoms with E-state index in [0.717, 1.165) is 29.5 Å². The van der Waals surface area contributed by atoms with Crippen molar-refractivity contribution in [3.05, 3.63) is 16.1 Å². The van der Waals surface area contributed by atoms with E-state index in [2.05, 4.69) is 11.9 Å². The standard InChI is InChI=1S/C12H17NOS/c1-8-3-4-10(5-8)12(14)6-11-7-15-9(2)13-11/h7-8,10H,3-6H2,1-2H3. The van der Waals surface area contributed by atoms with Crippen LogP contribution in [-0.4, -0.2) is 10.8 Å². The van der Waals surface area contributed by atoms with Gasteiger partial charge in [-0.05, 0) is 32.1 Å². The highest BCUT2D eigenvalue weighted by Crippen LogP contribution is 2.31. The molecule has 0 saturated heterocycles. The molecule has 2 unspecified atom stereocenters. The van der Waals surface area contributed by atoms with Crippen LogP contribution in [0.25, 0.3) is 0 Å². The Kier molecular flexibility index (Phi) is 3.19. The maximum absolute atomic E-state index is 11.9. The molecule has 0 bridgehead atoms. The smallest absolute Gasteiger partial charge is 0.141 e. The van der Waals surface area contributed by atoms with Crippen molar-refractivity contribution >= 4 is 17.1 Å². The number of nitrogens with zero attached hydrogens (tertiary/aromatic N) is 1. The Bertz CT molecular complexity index is 358. The second-order valence-corrected chi connectivity index (χ2v) is 5.68. The van der Waals surface area contributed by atoms with Crippen LogP contribution in [0.15, 0.2) is 5.38 Å². The summed E-state index contributed by atoms with van der Waals surface area (Å²) in [5.41, 5.74) is 0.960. The van der Waals surface area contributed by atoms with Crippen molar-refractivity contribution in [3.63, 3.8) is 0 Å². The summed E-state index contributed by atoms with van der Waals surface area (Å²) in [5, 5.41) is 3.06. The van der Waals surface area contributed by atoms with Crippen LogP contribution in [0.1, 0.15) is 36.9 Å². The van der Waals surface area contributed by atoms with Crippen LogP contribution in [0.4, 0.5) is 0 Å². The third-order valence-electron chi connectivity index (χ3n) is 3.17.